The summed E-state index contributed by atoms with van der Waals surface area (Å²) >= 11 is 0. The summed E-state index contributed by atoms with van der Waals surface area (Å²) in [5.74, 6) is -2.51. The van der Waals surface area contributed by atoms with Crippen LogP contribution >= 0.6 is 0 Å². The summed E-state index contributed by atoms with van der Waals surface area (Å²) in [4.78, 5) is 11.3. The lowest BCUT2D eigenvalue weighted by Crippen LogP contribution is -2.12. The van der Waals surface area contributed by atoms with Crippen molar-refractivity contribution in [2.45, 2.75) is 6.92 Å². The fourth-order valence-electron chi connectivity index (χ4n) is 0.914. The molecule has 0 aromatic heterocycles. The topological polar surface area (TPSA) is 49.7 Å². The van der Waals surface area contributed by atoms with Crippen molar-refractivity contribution in [1.82, 2.24) is 0 Å². The molecule has 0 unspecified atom stereocenters. The zero-order valence-corrected chi connectivity index (χ0v) is 7.29. The van der Waals surface area contributed by atoms with Gasteiger partial charge in [-0.2, -0.15) is 0 Å². The zero-order chi connectivity index (χ0) is 10.7. The van der Waals surface area contributed by atoms with Crippen LogP contribution in [0.3, 0.4) is 0 Å². The Hall–Kier alpha value is -1.78. The number of benzene rings is 1. The van der Waals surface area contributed by atoms with Gasteiger partial charge in [0.05, 0.1) is 5.56 Å². The SMILES string of the molecule is CC(=NO)C(=O)c1ccc(F)cc1F. The Labute approximate surface area is 78.7 Å². The van der Waals surface area contributed by atoms with Crippen LogP contribution in [0, 0.1) is 11.6 Å². The molecule has 0 bridgehead atoms. The van der Waals surface area contributed by atoms with E-state index in [0.717, 1.165) is 12.1 Å². The van der Waals surface area contributed by atoms with Crippen LogP contribution in [0.15, 0.2) is 23.4 Å². The summed E-state index contributed by atoms with van der Waals surface area (Å²) in [7, 11) is 0. The van der Waals surface area contributed by atoms with Gasteiger partial charge in [0, 0.05) is 6.07 Å². The number of rotatable bonds is 2. The first-order valence-electron chi connectivity index (χ1n) is 3.74. The lowest BCUT2D eigenvalue weighted by atomic mass is 10.1. The Kier molecular flexibility index (Phi) is 2.91. The first-order valence-corrected chi connectivity index (χ1v) is 3.74. The Bertz CT molecular complexity index is 402. The van der Waals surface area contributed by atoms with Crippen molar-refractivity contribution >= 4 is 11.5 Å². The van der Waals surface area contributed by atoms with Crippen molar-refractivity contribution in [2.75, 3.05) is 0 Å². The molecular weight excluding hydrogens is 192 g/mol. The number of halogens is 2. The molecule has 0 aliphatic heterocycles. The van der Waals surface area contributed by atoms with E-state index in [1.54, 1.807) is 0 Å². The highest BCUT2D eigenvalue weighted by atomic mass is 19.1. The lowest BCUT2D eigenvalue weighted by molar-refractivity contribution is 0.105. The van der Waals surface area contributed by atoms with Crippen molar-refractivity contribution in [1.29, 1.82) is 0 Å². The minimum Gasteiger partial charge on any atom is -0.411 e. The summed E-state index contributed by atoms with van der Waals surface area (Å²) in [6, 6.07) is 2.56. The average molecular weight is 199 g/mol. The second-order valence-corrected chi connectivity index (χ2v) is 2.64. The first-order chi connectivity index (χ1) is 6.56. The maximum atomic E-state index is 13.0. The van der Waals surface area contributed by atoms with E-state index >= 15 is 0 Å². The Morgan fingerprint density at radius 1 is 1.43 bits per heavy atom. The number of nitrogens with zero attached hydrogens (tertiary/aromatic N) is 1. The molecule has 0 saturated carbocycles. The third-order valence-corrected chi connectivity index (χ3v) is 1.65. The lowest BCUT2D eigenvalue weighted by Gasteiger charge is -2.00. The van der Waals surface area contributed by atoms with Gasteiger partial charge in [-0.05, 0) is 19.1 Å². The first kappa shape index (κ1) is 10.3. The van der Waals surface area contributed by atoms with E-state index in [4.69, 9.17) is 5.21 Å². The highest BCUT2D eigenvalue weighted by molar-refractivity contribution is 6.45. The summed E-state index contributed by atoms with van der Waals surface area (Å²) in [5.41, 5.74) is -0.572. The molecule has 5 heteroatoms. The van der Waals surface area contributed by atoms with E-state index in [-0.39, 0.29) is 11.3 Å². The van der Waals surface area contributed by atoms with Gasteiger partial charge in [0.25, 0.3) is 0 Å². The maximum absolute atomic E-state index is 13.0. The molecule has 0 fully saturated rings. The van der Waals surface area contributed by atoms with E-state index in [0.29, 0.717) is 6.07 Å². The molecule has 14 heavy (non-hydrogen) atoms. The number of Topliss-reactive ketones (excluding diaryl/α,β-unsaturated/α-hetero) is 1. The summed E-state index contributed by atoms with van der Waals surface area (Å²) in [5, 5.41) is 10.9. The van der Waals surface area contributed by atoms with Crippen LogP contribution in [0.5, 0.6) is 0 Å². The Morgan fingerprint density at radius 3 is 2.57 bits per heavy atom. The summed E-state index contributed by atoms with van der Waals surface area (Å²) in [6.45, 7) is 1.23. The van der Waals surface area contributed by atoms with E-state index in [1.165, 1.54) is 6.92 Å². The Morgan fingerprint density at radius 2 is 2.07 bits per heavy atom. The van der Waals surface area contributed by atoms with Gasteiger partial charge in [-0.1, -0.05) is 5.16 Å². The highest BCUT2D eigenvalue weighted by Gasteiger charge is 2.15. The van der Waals surface area contributed by atoms with Gasteiger partial charge in [-0.15, -0.1) is 0 Å². The van der Waals surface area contributed by atoms with Crippen LogP contribution in [0.1, 0.15) is 17.3 Å². The molecule has 0 saturated heterocycles. The van der Waals surface area contributed by atoms with E-state index in [9.17, 15) is 13.6 Å². The van der Waals surface area contributed by atoms with Gasteiger partial charge in [-0.25, -0.2) is 8.78 Å². The quantitative estimate of drug-likeness (QED) is 0.342. The predicted molar refractivity (Wildman–Crippen MR) is 45.6 cm³/mol. The standard InChI is InChI=1S/C9H7F2NO2/c1-5(12-14)9(13)7-3-2-6(10)4-8(7)11/h2-4,14H,1H3. The molecule has 0 atom stereocenters. The average Bonchev–Trinajstić information content (AvgIpc) is 2.15. The summed E-state index contributed by atoms with van der Waals surface area (Å²) < 4.78 is 25.5. The van der Waals surface area contributed by atoms with E-state index < -0.39 is 17.4 Å². The third kappa shape index (κ3) is 1.93. The number of carbonyl (C=O) groups is 1. The summed E-state index contributed by atoms with van der Waals surface area (Å²) in [6.07, 6.45) is 0. The van der Waals surface area contributed by atoms with Gasteiger partial charge in [-0.3, -0.25) is 4.79 Å². The molecule has 0 aliphatic carbocycles. The van der Waals surface area contributed by atoms with Crippen LogP contribution in [-0.2, 0) is 0 Å². The molecule has 0 aliphatic rings. The second-order valence-electron chi connectivity index (χ2n) is 2.64. The normalized spacial score (nSPS) is 11.5. The molecule has 0 heterocycles. The number of carbonyl (C=O) groups excluding carboxylic acids is 1. The molecule has 1 N–H and O–H groups in total. The molecule has 3 nitrogen and oxygen atoms in total. The molecule has 0 spiro atoms. The van der Waals surface area contributed by atoms with Crippen molar-refractivity contribution < 1.29 is 18.8 Å². The largest absolute Gasteiger partial charge is 0.411 e. The molecule has 1 rings (SSSR count). The maximum Gasteiger partial charge on any atom is 0.213 e. The van der Waals surface area contributed by atoms with Gasteiger partial charge in [0.15, 0.2) is 0 Å². The zero-order valence-electron chi connectivity index (χ0n) is 7.29. The molecular formula is C9H7F2NO2. The minimum atomic E-state index is -0.974. The van der Waals surface area contributed by atoms with Crippen molar-refractivity contribution in [2.24, 2.45) is 5.16 Å². The van der Waals surface area contributed by atoms with Crippen LogP contribution in [0.2, 0.25) is 0 Å². The molecule has 0 amide bonds. The van der Waals surface area contributed by atoms with Crippen molar-refractivity contribution in [3.05, 3.63) is 35.4 Å². The monoisotopic (exact) mass is 199 g/mol. The predicted octanol–water partition coefficient (Wildman–Crippen LogP) is 2.00. The fourth-order valence-corrected chi connectivity index (χ4v) is 0.914. The van der Waals surface area contributed by atoms with Crippen molar-refractivity contribution in [3.8, 4) is 0 Å². The number of hydrogen-bond donors (Lipinski definition) is 1. The second kappa shape index (κ2) is 3.95. The molecule has 0 radical (unpaired) electrons. The fraction of sp³-hybridized carbons (Fsp3) is 0.111. The smallest absolute Gasteiger partial charge is 0.213 e. The van der Waals surface area contributed by atoms with Gasteiger partial charge in [0.2, 0.25) is 5.78 Å². The van der Waals surface area contributed by atoms with Crippen LogP contribution in [0.4, 0.5) is 8.78 Å². The number of ketones is 1. The van der Waals surface area contributed by atoms with E-state index in [2.05, 4.69) is 5.16 Å². The molecule has 1 aromatic rings. The van der Waals surface area contributed by atoms with Crippen LogP contribution in [0.25, 0.3) is 0 Å². The number of hydrogen-bond acceptors (Lipinski definition) is 3. The molecule has 74 valence electrons. The van der Waals surface area contributed by atoms with Crippen LogP contribution in [-0.4, -0.2) is 16.7 Å². The van der Waals surface area contributed by atoms with Crippen molar-refractivity contribution in [3.63, 3.8) is 0 Å². The molecule has 1 aromatic carbocycles. The minimum absolute atomic E-state index is 0.254. The van der Waals surface area contributed by atoms with Gasteiger partial charge >= 0.3 is 0 Å². The van der Waals surface area contributed by atoms with E-state index in [1.807, 2.05) is 0 Å². The number of oxime groups is 1. The van der Waals surface area contributed by atoms with Crippen LogP contribution < -0.4 is 0 Å². The van der Waals surface area contributed by atoms with Gasteiger partial charge < -0.3 is 5.21 Å². The highest BCUT2D eigenvalue weighted by Crippen LogP contribution is 2.10. The Balaban J connectivity index is 3.14. The van der Waals surface area contributed by atoms with Gasteiger partial charge in [0.1, 0.15) is 17.3 Å². The third-order valence-electron chi connectivity index (χ3n) is 1.65.